The molecule has 25 heavy (non-hydrogen) atoms. The Kier molecular flexibility index (Phi) is 7.25. The first-order chi connectivity index (χ1) is 12.1. The summed E-state index contributed by atoms with van der Waals surface area (Å²) in [6.45, 7) is 2.16. The molecule has 0 radical (unpaired) electrons. The summed E-state index contributed by atoms with van der Waals surface area (Å²) in [5.74, 6) is 0.117. The summed E-state index contributed by atoms with van der Waals surface area (Å²) in [5.41, 5.74) is 1.29. The van der Waals surface area contributed by atoms with Crippen LogP contribution in [0.25, 0.3) is 0 Å². The highest BCUT2D eigenvalue weighted by Crippen LogP contribution is 2.28. The third kappa shape index (κ3) is 5.77. The summed E-state index contributed by atoms with van der Waals surface area (Å²) in [6, 6.07) is 15.3. The second-order valence-electron chi connectivity index (χ2n) is 5.41. The van der Waals surface area contributed by atoms with Gasteiger partial charge in [0, 0.05) is 25.3 Å². The Morgan fingerprint density at radius 1 is 1.12 bits per heavy atom. The molecule has 0 saturated heterocycles. The maximum absolute atomic E-state index is 12.3. The molecule has 0 unspecified atom stereocenters. The predicted octanol–water partition coefficient (Wildman–Crippen LogP) is 3.47. The zero-order valence-electron chi connectivity index (χ0n) is 14.1. The number of amides is 1. The molecule has 1 amide bonds. The predicted molar refractivity (Wildman–Crippen MR) is 94.5 cm³/mol. The lowest BCUT2D eigenvalue weighted by molar-refractivity contribution is -0.0484. The van der Waals surface area contributed by atoms with E-state index in [1.54, 1.807) is 24.3 Å². The van der Waals surface area contributed by atoms with Crippen molar-refractivity contribution in [2.45, 2.75) is 25.6 Å². The molecular weight excluding hydrogens is 322 g/mol. The Balaban J connectivity index is 2.17. The van der Waals surface area contributed by atoms with Crippen LogP contribution in [0.5, 0.6) is 5.75 Å². The van der Waals surface area contributed by atoms with Crippen LogP contribution < -0.4 is 5.32 Å². The largest absolute Gasteiger partial charge is 0.508 e. The van der Waals surface area contributed by atoms with Crippen LogP contribution in [-0.4, -0.2) is 35.6 Å². The molecule has 0 fully saturated rings. The Morgan fingerprint density at radius 2 is 1.80 bits per heavy atom. The van der Waals surface area contributed by atoms with Crippen LogP contribution in [0.2, 0.25) is 0 Å². The van der Waals surface area contributed by atoms with Crippen molar-refractivity contribution in [1.82, 2.24) is 0 Å². The zero-order chi connectivity index (χ0) is 18.1. The van der Waals surface area contributed by atoms with E-state index in [4.69, 9.17) is 9.47 Å². The number of aliphatic hydroxyl groups is 1. The molecule has 0 heterocycles. The Bertz CT molecular complexity index is 639. The number of carbonyl (C=O) groups is 1. The molecule has 2 atom stereocenters. The van der Waals surface area contributed by atoms with Gasteiger partial charge >= 0.3 is 6.09 Å². The highest BCUT2D eigenvalue weighted by molar-refractivity contribution is 5.84. The Hall–Kier alpha value is -2.57. The van der Waals surface area contributed by atoms with Gasteiger partial charge in [0.15, 0.2) is 6.10 Å². The van der Waals surface area contributed by atoms with E-state index < -0.39 is 18.3 Å². The van der Waals surface area contributed by atoms with Gasteiger partial charge in [0.1, 0.15) is 11.9 Å². The number of phenols is 1. The molecule has 0 spiro atoms. The third-order valence-corrected chi connectivity index (χ3v) is 3.61. The van der Waals surface area contributed by atoms with Crippen molar-refractivity contribution in [1.29, 1.82) is 0 Å². The minimum absolute atomic E-state index is 0.0943. The molecule has 0 aliphatic heterocycles. The number of rotatable bonds is 8. The summed E-state index contributed by atoms with van der Waals surface area (Å²) in [5, 5.41) is 21.4. The molecule has 0 saturated carbocycles. The normalized spacial score (nSPS) is 13.0. The zero-order valence-corrected chi connectivity index (χ0v) is 14.1. The number of aliphatic hydroxyl groups excluding tert-OH is 1. The van der Waals surface area contributed by atoms with Gasteiger partial charge in [-0.05, 0) is 36.8 Å². The molecule has 134 valence electrons. The number of aromatic hydroxyl groups is 1. The summed E-state index contributed by atoms with van der Waals surface area (Å²) in [7, 11) is 0. The molecule has 2 aromatic rings. The van der Waals surface area contributed by atoms with Gasteiger partial charge in [-0.25, -0.2) is 4.79 Å². The molecule has 0 aliphatic rings. The number of phenolic OH excluding ortho intramolecular Hbond substituents is 1. The molecule has 6 heteroatoms. The van der Waals surface area contributed by atoms with E-state index in [0.29, 0.717) is 24.3 Å². The van der Waals surface area contributed by atoms with Crippen LogP contribution >= 0.6 is 0 Å². The monoisotopic (exact) mass is 345 g/mol. The number of anilines is 1. The van der Waals surface area contributed by atoms with Crippen molar-refractivity contribution in [3.8, 4) is 5.75 Å². The first-order valence-electron chi connectivity index (χ1n) is 8.18. The maximum Gasteiger partial charge on any atom is 0.412 e. The quantitative estimate of drug-likeness (QED) is 0.682. The Morgan fingerprint density at radius 3 is 2.40 bits per heavy atom. The van der Waals surface area contributed by atoms with Gasteiger partial charge in [-0.1, -0.05) is 30.3 Å². The van der Waals surface area contributed by atoms with E-state index in [-0.39, 0.29) is 12.4 Å². The number of benzene rings is 2. The smallest absolute Gasteiger partial charge is 0.412 e. The molecular formula is C19H23NO5. The second-order valence-corrected chi connectivity index (χ2v) is 5.41. The average Bonchev–Trinajstić information content (AvgIpc) is 2.61. The summed E-state index contributed by atoms with van der Waals surface area (Å²) in [4.78, 5) is 12.3. The van der Waals surface area contributed by atoms with E-state index in [9.17, 15) is 15.0 Å². The van der Waals surface area contributed by atoms with Crippen LogP contribution in [0.3, 0.4) is 0 Å². The molecule has 0 aromatic heterocycles. The molecule has 6 nitrogen and oxygen atoms in total. The first kappa shape index (κ1) is 18.8. The maximum atomic E-state index is 12.3. The fraction of sp³-hybridized carbons (Fsp3) is 0.316. The third-order valence-electron chi connectivity index (χ3n) is 3.61. The molecule has 0 bridgehead atoms. The first-order valence-corrected chi connectivity index (χ1v) is 8.18. The number of ether oxygens (including phenoxy) is 2. The van der Waals surface area contributed by atoms with Crippen molar-refractivity contribution in [2.75, 3.05) is 18.5 Å². The van der Waals surface area contributed by atoms with Crippen LogP contribution in [-0.2, 0) is 9.47 Å². The van der Waals surface area contributed by atoms with Crippen LogP contribution in [0.15, 0.2) is 54.6 Å². The summed E-state index contributed by atoms with van der Waals surface area (Å²) >= 11 is 0. The minimum Gasteiger partial charge on any atom is -0.508 e. The van der Waals surface area contributed by atoms with E-state index in [1.165, 1.54) is 12.1 Å². The lowest BCUT2D eigenvalue weighted by Crippen LogP contribution is -2.29. The van der Waals surface area contributed by atoms with Crippen molar-refractivity contribution in [3.05, 3.63) is 60.2 Å². The van der Waals surface area contributed by atoms with E-state index >= 15 is 0 Å². The van der Waals surface area contributed by atoms with Crippen molar-refractivity contribution >= 4 is 11.8 Å². The van der Waals surface area contributed by atoms with Crippen LogP contribution in [0, 0.1) is 0 Å². The van der Waals surface area contributed by atoms with Gasteiger partial charge in [0.2, 0.25) is 0 Å². The van der Waals surface area contributed by atoms with Gasteiger partial charge in [-0.15, -0.1) is 0 Å². The standard InChI is InChI=1S/C19H23NO5/c1-2-24-17(12-13-21)18(14-8-10-16(22)11-9-14)25-19(23)20-15-6-4-3-5-7-15/h3-11,17-18,21-22H,2,12-13H2,1H3,(H,20,23)/t17-,18-/m1/s1. The van der Waals surface area contributed by atoms with Crippen molar-refractivity contribution < 1.29 is 24.5 Å². The van der Waals surface area contributed by atoms with E-state index in [1.807, 2.05) is 25.1 Å². The number of nitrogens with one attached hydrogen (secondary N) is 1. The fourth-order valence-corrected chi connectivity index (χ4v) is 2.47. The SMILES string of the molecule is CCO[C@H](CCO)[C@H](OC(=O)Nc1ccccc1)c1ccc(O)cc1. The summed E-state index contributed by atoms with van der Waals surface area (Å²) in [6.07, 6.45) is -1.51. The number of hydrogen-bond acceptors (Lipinski definition) is 5. The molecule has 2 rings (SSSR count). The lowest BCUT2D eigenvalue weighted by atomic mass is 10.0. The molecule has 2 aromatic carbocycles. The number of para-hydroxylation sites is 1. The topological polar surface area (TPSA) is 88.0 Å². The number of hydrogen-bond donors (Lipinski definition) is 3. The van der Waals surface area contributed by atoms with E-state index in [2.05, 4.69) is 5.32 Å². The fourth-order valence-electron chi connectivity index (χ4n) is 2.47. The van der Waals surface area contributed by atoms with Gasteiger partial charge in [-0.3, -0.25) is 5.32 Å². The highest BCUT2D eigenvalue weighted by atomic mass is 16.6. The van der Waals surface area contributed by atoms with Gasteiger partial charge in [0.05, 0.1) is 0 Å². The second kappa shape index (κ2) is 9.66. The minimum atomic E-state index is -0.712. The van der Waals surface area contributed by atoms with Gasteiger partial charge < -0.3 is 19.7 Å². The Labute approximate surface area is 147 Å². The van der Waals surface area contributed by atoms with Crippen molar-refractivity contribution in [3.63, 3.8) is 0 Å². The lowest BCUT2D eigenvalue weighted by Gasteiger charge is -2.27. The van der Waals surface area contributed by atoms with Crippen LogP contribution in [0.1, 0.15) is 25.0 Å². The number of carbonyl (C=O) groups excluding carboxylic acids is 1. The summed E-state index contributed by atoms with van der Waals surface area (Å²) < 4.78 is 11.2. The highest BCUT2D eigenvalue weighted by Gasteiger charge is 2.27. The molecule has 0 aliphatic carbocycles. The average molecular weight is 345 g/mol. The molecule has 3 N–H and O–H groups in total. The van der Waals surface area contributed by atoms with E-state index in [0.717, 1.165) is 0 Å². The van der Waals surface area contributed by atoms with Gasteiger partial charge in [0.25, 0.3) is 0 Å². The van der Waals surface area contributed by atoms with Gasteiger partial charge in [-0.2, -0.15) is 0 Å². The van der Waals surface area contributed by atoms with Crippen LogP contribution in [0.4, 0.5) is 10.5 Å². The van der Waals surface area contributed by atoms with Crippen molar-refractivity contribution in [2.24, 2.45) is 0 Å².